The minimum atomic E-state index is -0.457. The fourth-order valence-electron chi connectivity index (χ4n) is 2.75. The van der Waals surface area contributed by atoms with Gasteiger partial charge in [0.15, 0.2) is 11.5 Å². The van der Waals surface area contributed by atoms with Gasteiger partial charge in [-0.3, -0.25) is 15.0 Å². The van der Waals surface area contributed by atoms with E-state index in [9.17, 15) is 9.59 Å². The van der Waals surface area contributed by atoms with Crippen molar-refractivity contribution in [3.05, 3.63) is 58.1 Å². The van der Waals surface area contributed by atoms with Gasteiger partial charge in [-0.15, -0.1) is 0 Å². The first-order chi connectivity index (χ1) is 13.4. The largest absolute Gasteiger partial charge is 0.490 e. The fraction of sp³-hybridized carbons (Fsp3) is 0.238. The molecule has 1 aliphatic heterocycles. The Morgan fingerprint density at radius 3 is 2.50 bits per heavy atom. The van der Waals surface area contributed by atoms with Gasteiger partial charge in [-0.25, -0.2) is 5.01 Å². The first-order valence-electron chi connectivity index (χ1n) is 8.96. The Morgan fingerprint density at radius 2 is 1.86 bits per heavy atom. The lowest BCUT2D eigenvalue weighted by Crippen LogP contribution is -2.35. The molecule has 2 aromatic rings. The normalized spacial score (nSPS) is 15.3. The lowest BCUT2D eigenvalue weighted by molar-refractivity contribution is -0.117. The summed E-state index contributed by atoms with van der Waals surface area (Å²) >= 11 is 3.49. The highest BCUT2D eigenvalue weighted by Crippen LogP contribution is 2.36. The van der Waals surface area contributed by atoms with Crippen molar-refractivity contribution in [3.8, 4) is 11.5 Å². The van der Waals surface area contributed by atoms with Crippen molar-refractivity contribution in [2.75, 3.05) is 11.6 Å². The lowest BCUT2D eigenvalue weighted by atomic mass is 10.1. The van der Waals surface area contributed by atoms with Gasteiger partial charge >= 0.3 is 0 Å². The Hall–Kier alpha value is -2.80. The van der Waals surface area contributed by atoms with E-state index in [2.05, 4.69) is 21.4 Å². The number of halogens is 1. The van der Waals surface area contributed by atoms with Crippen LogP contribution in [0.25, 0.3) is 6.08 Å². The maximum atomic E-state index is 12.8. The molecule has 1 aliphatic rings. The number of hydrogen-bond donors (Lipinski definition) is 1. The molecule has 0 aromatic heterocycles. The minimum absolute atomic E-state index is 0.0167. The van der Waals surface area contributed by atoms with Crippen LogP contribution in [0.3, 0.4) is 0 Å². The van der Waals surface area contributed by atoms with Crippen molar-refractivity contribution in [2.45, 2.75) is 26.9 Å². The molecule has 0 saturated carbocycles. The summed E-state index contributed by atoms with van der Waals surface area (Å²) in [4.78, 5) is 25.2. The Labute approximate surface area is 172 Å². The van der Waals surface area contributed by atoms with E-state index in [1.165, 1.54) is 5.01 Å². The van der Waals surface area contributed by atoms with Gasteiger partial charge in [0.25, 0.3) is 11.8 Å². The SMILES string of the molecule is CCOc1cc(C=C2C(=O)NN(c3ccccc3)C2=O)c(Br)cc1OC(C)C. The van der Waals surface area contributed by atoms with Gasteiger partial charge in [-0.05, 0) is 56.7 Å². The summed E-state index contributed by atoms with van der Waals surface area (Å²) in [7, 11) is 0. The third kappa shape index (κ3) is 4.20. The third-order valence-corrected chi connectivity index (χ3v) is 4.62. The number of nitrogens with zero attached hydrogens (tertiary/aromatic N) is 1. The quantitative estimate of drug-likeness (QED) is 0.537. The second-order valence-electron chi connectivity index (χ2n) is 6.40. The Morgan fingerprint density at radius 1 is 1.14 bits per heavy atom. The smallest absolute Gasteiger partial charge is 0.282 e. The van der Waals surface area contributed by atoms with Gasteiger partial charge in [0.05, 0.1) is 18.4 Å². The monoisotopic (exact) mass is 444 g/mol. The summed E-state index contributed by atoms with van der Waals surface area (Å²) in [6.45, 7) is 6.21. The van der Waals surface area contributed by atoms with Crippen molar-refractivity contribution in [1.82, 2.24) is 5.43 Å². The Kier molecular flexibility index (Phi) is 6.04. The summed E-state index contributed by atoms with van der Waals surface area (Å²) in [5.74, 6) is 0.279. The summed E-state index contributed by atoms with van der Waals surface area (Å²) in [5, 5.41) is 1.24. The second-order valence-corrected chi connectivity index (χ2v) is 7.25. The first-order valence-corrected chi connectivity index (χ1v) is 9.75. The van der Waals surface area contributed by atoms with E-state index in [1.807, 2.05) is 26.8 Å². The maximum absolute atomic E-state index is 12.8. The van der Waals surface area contributed by atoms with Gasteiger partial charge in [-0.1, -0.05) is 34.1 Å². The topological polar surface area (TPSA) is 67.9 Å². The van der Waals surface area contributed by atoms with E-state index in [4.69, 9.17) is 9.47 Å². The van der Waals surface area contributed by atoms with Crippen molar-refractivity contribution in [2.24, 2.45) is 0 Å². The Balaban J connectivity index is 1.97. The van der Waals surface area contributed by atoms with Crippen LogP contribution in [0.4, 0.5) is 5.69 Å². The number of carbonyl (C=O) groups is 2. The molecule has 7 heteroatoms. The number of para-hydroxylation sites is 1. The molecular weight excluding hydrogens is 424 g/mol. The van der Waals surface area contributed by atoms with Crippen molar-refractivity contribution < 1.29 is 19.1 Å². The molecule has 0 radical (unpaired) electrons. The number of ether oxygens (including phenoxy) is 2. The van der Waals surface area contributed by atoms with Crippen LogP contribution in [0, 0.1) is 0 Å². The maximum Gasteiger partial charge on any atom is 0.282 e. The standard InChI is InChI=1S/C21H21BrN2O4/c1-4-27-18-11-14(17(22)12-19(18)28-13(2)3)10-16-20(25)23-24(21(16)26)15-8-6-5-7-9-15/h5-13H,4H2,1-3H3,(H,23,25). The molecule has 6 nitrogen and oxygen atoms in total. The van der Waals surface area contributed by atoms with Crippen LogP contribution in [-0.2, 0) is 9.59 Å². The molecule has 146 valence electrons. The summed E-state index contributed by atoms with van der Waals surface area (Å²) in [5.41, 5.74) is 3.88. The van der Waals surface area contributed by atoms with Crippen molar-refractivity contribution in [1.29, 1.82) is 0 Å². The molecule has 0 atom stereocenters. The number of hydrazine groups is 1. The van der Waals surface area contributed by atoms with Gasteiger partial charge in [0.2, 0.25) is 0 Å². The summed E-state index contributed by atoms with van der Waals surface area (Å²) in [6.07, 6.45) is 1.53. The highest BCUT2D eigenvalue weighted by molar-refractivity contribution is 9.10. The predicted octanol–water partition coefficient (Wildman–Crippen LogP) is 4.10. The molecule has 1 fully saturated rings. The molecule has 2 amide bonds. The van der Waals surface area contributed by atoms with Crippen LogP contribution in [0.1, 0.15) is 26.3 Å². The molecule has 1 N–H and O–H groups in total. The number of rotatable bonds is 6. The van der Waals surface area contributed by atoms with Gasteiger partial charge in [0.1, 0.15) is 5.57 Å². The van der Waals surface area contributed by atoms with Gasteiger partial charge < -0.3 is 9.47 Å². The molecule has 0 unspecified atom stereocenters. The van der Waals surface area contributed by atoms with E-state index in [1.54, 1.807) is 42.5 Å². The van der Waals surface area contributed by atoms with E-state index < -0.39 is 11.8 Å². The van der Waals surface area contributed by atoms with E-state index in [0.717, 1.165) is 0 Å². The Bertz CT molecular complexity index is 926. The fourth-order valence-corrected chi connectivity index (χ4v) is 3.18. The zero-order chi connectivity index (χ0) is 20.3. The molecule has 1 heterocycles. The molecule has 3 rings (SSSR count). The molecule has 0 bridgehead atoms. The average Bonchev–Trinajstić information content (AvgIpc) is 2.94. The molecule has 0 spiro atoms. The lowest BCUT2D eigenvalue weighted by Gasteiger charge is -2.16. The van der Waals surface area contributed by atoms with E-state index in [-0.39, 0.29) is 11.7 Å². The highest BCUT2D eigenvalue weighted by atomic mass is 79.9. The molecular formula is C21H21BrN2O4. The summed E-state index contributed by atoms with van der Waals surface area (Å²) < 4.78 is 12.2. The number of anilines is 1. The molecule has 28 heavy (non-hydrogen) atoms. The van der Waals surface area contributed by atoms with Crippen molar-refractivity contribution >= 4 is 39.5 Å². The van der Waals surface area contributed by atoms with Gasteiger partial charge in [0, 0.05) is 4.47 Å². The average molecular weight is 445 g/mol. The molecule has 0 aliphatic carbocycles. The van der Waals surface area contributed by atoms with Crippen LogP contribution in [0.5, 0.6) is 11.5 Å². The summed E-state index contributed by atoms with van der Waals surface area (Å²) in [6, 6.07) is 12.5. The number of hydrogen-bond acceptors (Lipinski definition) is 4. The van der Waals surface area contributed by atoms with Crippen LogP contribution in [0.15, 0.2) is 52.5 Å². The number of amides is 2. The zero-order valence-corrected chi connectivity index (χ0v) is 17.4. The number of carbonyl (C=O) groups excluding carboxylic acids is 2. The van der Waals surface area contributed by atoms with Crippen LogP contribution in [-0.4, -0.2) is 24.5 Å². The highest BCUT2D eigenvalue weighted by Gasteiger charge is 2.34. The van der Waals surface area contributed by atoms with E-state index in [0.29, 0.717) is 33.8 Å². The van der Waals surface area contributed by atoms with E-state index >= 15 is 0 Å². The number of benzene rings is 2. The minimum Gasteiger partial charge on any atom is -0.490 e. The van der Waals surface area contributed by atoms with Crippen LogP contribution >= 0.6 is 15.9 Å². The van der Waals surface area contributed by atoms with Gasteiger partial charge in [-0.2, -0.15) is 0 Å². The zero-order valence-electron chi connectivity index (χ0n) is 15.9. The van der Waals surface area contributed by atoms with Crippen LogP contribution in [0.2, 0.25) is 0 Å². The predicted molar refractivity (Wildman–Crippen MR) is 111 cm³/mol. The molecule has 2 aromatic carbocycles. The molecule has 1 saturated heterocycles. The van der Waals surface area contributed by atoms with Crippen LogP contribution < -0.4 is 19.9 Å². The second kappa shape index (κ2) is 8.48. The third-order valence-electron chi connectivity index (χ3n) is 3.93. The number of nitrogens with one attached hydrogen (secondary N) is 1. The first kappa shape index (κ1) is 19.9. The van der Waals surface area contributed by atoms with Crippen molar-refractivity contribution in [3.63, 3.8) is 0 Å².